The second-order valence-corrected chi connectivity index (χ2v) is 14.9. The summed E-state index contributed by atoms with van der Waals surface area (Å²) in [5.41, 5.74) is 0. The van der Waals surface area contributed by atoms with Gasteiger partial charge in [0.1, 0.15) is 11.9 Å². The number of hydrogen-bond acceptors (Lipinski definition) is 6. The summed E-state index contributed by atoms with van der Waals surface area (Å²) < 4.78 is 4.26. The van der Waals surface area contributed by atoms with Crippen LogP contribution in [0.4, 0.5) is 0 Å². The topological polar surface area (TPSA) is 82.1 Å². The van der Waals surface area contributed by atoms with Gasteiger partial charge in [0.15, 0.2) is 0 Å². The molecule has 0 bridgehead atoms. The Labute approximate surface area is 302 Å². The van der Waals surface area contributed by atoms with Crippen LogP contribution in [0.2, 0.25) is 0 Å². The normalized spacial score (nSPS) is 14.0. The molecule has 7 nitrogen and oxygen atoms in total. The highest BCUT2D eigenvalue weighted by atomic mass is 35.5. The van der Waals surface area contributed by atoms with E-state index in [-0.39, 0.29) is 18.5 Å². The van der Waals surface area contributed by atoms with Crippen molar-refractivity contribution in [3.63, 3.8) is 0 Å². The molecule has 1 amide bonds. The van der Waals surface area contributed by atoms with E-state index in [0.717, 1.165) is 71.2 Å². The van der Waals surface area contributed by atoms with E-state index in [1.165, 1.54) is 122 Å². The zero-order chi connectivity index (χ0) is 34.9. The van der Waals surface area contributed by atoms with Crippen LogP contribution < -0.4 is 5.32 Å². The molecule has 8 heteroatoms. The van der Waals surface area contributed by atoms with Gasteiger partial charge in [-0.2, -0.15) is 0 Å². The van der Waals surface area contributed by atoms with Gasteiger partial charge in [0.05, 0.1) is 6.61 Å². The van der Waals surface area contributed by atoms with E-state index in [9.17, 15) is 14.7 Å². The second-order valence-electron chi connectivity index (χ2n) is 14.7. The number of nitrogens with one attached hydrogen (secondary N) is 1. The van der Waals surface area contributed by atoms with Gasteiger partial charge in [-0.1, -0.05) is 123 Å². The van der Waals surface area contributed by atoms with Gasteiger partial charge < -0.3 is 14.7 Å². The second kappa shape index (κ2) is 33.3. The fourth-order valence-corrected chi connectivity index (χ4v) is 7.47. The molecule has 0 heterocycles. The number of amides is 1. The molecule has 0 aromatic carbocycles. The maximum absolute atomic E-state index is 12.8. The molecule has 0 saturated heterocycles. The van der Waals surface area contributed by atoms with Crippen molar-refractivity contribution in [2.45, 2.75) is 193 Å². The first-order chi connectivity index (χ1) is 23.5. The first-order valence-corrected chi connectivity index (χ1v) is 21.0. The first kappa shape index (κ1) is 45.1. The highest BCUT2D eigenvalue weighted by Crippen LogP contribution is 2.23. The van der Waals surface area contributed by atoms with Crippen LogP contribution in [0, 0.1) is 5.92 Å². The summed E-state index contributed by atoms with van der Waals surface area (Å²) >= 11 is 5.16. The third kappa shape index (κ3) is 26.0. The quantitative estimate of drug-likeness (QED) is 0.0651. The maximum Gasteiger partial charge on any atom is 0.324 e. The van der Waals surface area contributed by atoms with E-state index in [1.807, 2.05) is 0 Å². The number of hydrogen-bond donors (Lipinski definition) is 2. The minimum Gasteiger partial charge on any atom is -0.395 e. The molecule has 2 N–H and O–H groups in total. The fraction of sp³-hybridized carbons (Fsp3) is 0.950. The largest absolute Gasteiger partial charge is 0.395 e. The van der Waals surface area contributed by atoms with Crippen molar-refractivity contribution in [1.29, 1.82) is 0 Å². The number of halogens is 1. The average Bonchev–Trinajstić information content (AvgIpc) is 3.10. The summed E-state index contributed by atoms with van der Waals surface area (Å²) in [5.74, 6) is 0.509. The number of carbonyl (C=O) groups excluding carboxylic acids is 2. The van der Waals surface area contributed by atoms with E-state index < -0.39 is 0 Å². The zero-order valence-corrected chi connectivity index (χ0v) is 32.4. The summed E-state index contributed by atoms with van der Waals surface area (Å²) in [4.78, 5) is 29.2. The highest BCUT2D eigenvalue weighted by Gasteiger charge is 2.21. The van der Waals surface area contributed by atoms with Gasteiger partial charge in [-0.25, -0.2) is 0 Å². The molecule has 284 valence electrons. The molecule has 0 atom stereocenters. The summed E-state index contributed by atoms with van der Waals surface area (Å²) in [6.07, 6.45) is 32.0. The number of nitrogens with zero attached hydrogens (tertiary/aromatic N) is 2. The van der Waals surface area contributed by atoms with Crippen molar-refractivity contribution in [2.75, 3.05) is 45.9 Å². The third-order valence-electron chi connectivity index (χ3n) is 10.5. The molecule has 0 unspecified atom stereocenters. The Morgan fingerprint density at radius 1 is 0.688 bits per heavy atom. The van der Waals surface area contributed by atoms with Crippen LogP contribution in [-0.4, -0.2) is 78.7 Å². The Bertz CT molecular complexity index is 721. The van der Waals surface area contributed by atoms with Crippen LogP contribution in [0.3, 0.4) is 0 Å². The molecule has 48 heavy (non-hydrogen) atoms. The van der Waals surface area contributed by atoms with E-state index in [0.29, 0.717) is 31.3 Å². The third-order valence-corrected chi connectivity index (χ3v) is 10.7. The lowest BCUT2D eigenvalue weighted by molar-refractivity contribution is -0.134. The van der Waals surface area contributed by atoms with Crippen molar-refractivity contribution >= 4 is 23.7 Å². The SMILES string of the molecule is CCCCCCCCC(CCCCCCCC)CNC(=O)CCCCCN(CCO)CCN(CCCCCC(=O)OCl)C1CCCCC1. The Hall–Kier alpha value is -0.890. The number of rotatable bonds is 34. The number of carbonyl (C=O) groups is 2. The first-order valence-electron chi connectivity index (χ1n) is 20.7. The Morgan fingerprint density at radius 2 is 1.25 bits per heavy atom. The van der Waals surface area contributed by atoms with Crippen LogP contribution >= 0.6 is 11.9 Å². The lowest BCUT2D eigenvalue weighted by atomic mass is 9.94. The Morgan fingerprint density at radius 3 is 1.85 bits per heavy atom. The van der Waals surface area contributed by atoms with Gasteiger partial charge in [0, 0.05) is 45.1 Å². The van der Waals surface area contributed by atoms with Gasteiger partial charge in [-0.3, -0.25) is 19.4 Å². The minimum absolute atomic E-state index is 0.182. The fourth-order valence-electron chi connectivity index (χ4n) is 7.39. The molecule has 1 fully saturated rings. The van der Waals surface area contributed by atoms with Crippen LogP contribution in [0.1, 0.15) is 187 Å². The molecule has 1 rings (SSSR count). The molecular formula is C40H78ClN3O4. The Balaban J connectivity index is 2.37. The summed E-state index contributed by atoms with van der Waals surface area (Å²) in [6.45, 7) is 10.3. The van der Waals surface area contributed by atoms with Crippen LogP contribution in [-0.2, 0) is 13.9 Å². The zero-order valence-electron chi connectivity index (χ0n) is 31.6. The molecule has 1 aliphatic rings. The minimum atomic E-state index is -0.340. The van der Waals surface area contributed by atoms with Crippen LogP contribution in [0.5, 0.6) is 0 Å². The smallest absolute Gasteiger partial charge is 0.324 e. The number of aliphatic hydroxyl groups excluding tert-OH is 1. The molecule has 0 aliphatic heterocycles. The van der Waals surface area contributed by atoms with Gasteiger partial charge in [0.25, 0.3) is 0 Å². The lowest BCUT2D eigenvalue weighted by Crippen LogP contribution is -2.43. The van der Waals surface area contributed by atoms with Gasteiger partial charge in [-0.15, -0.1) is 0 Å². The summed E-state index contributed by atoms with van der Waals surface area (Å²) in [6, 6.07) is 0.650. The number of aliphatic hydroxyl groups is 1. The van der Waals surface area contributed by atoms with E-state index >= 15 is 0 Å². The molecule has 0 aromatic heterocycles. The van der Waals surface area contributed by atoms with Crippen LogP contribution in [0.15, 0.2) is 0 Å². The van der Waals surface area contributed by atoms with Gasteiger partial charge >= 0.3 is 5.97 Å². The number of unbranched alkanes of at least 4 members (excludes halogenated alkanes) is 14. The average molecular weight is 701 g/mol. The van der Waals surface area contributed by atoms with Crippen molar-refractivity contribution < 1.29 is 19.0 Å². The van der Waals surface area contributed by atoms with Gasteiger partial charge in [0.2, 0.25) is 5.91 Å². The van der Waals surface area contributed by atoms with Crippen molar-refractivity contribution in [2.24, 2.45) is 5.92 Å². The maximum atomic E-state index is 12.8. The molecule has 0 radical (unpaired) electrons. The van der Waals surface area contributed by atoms with Crippen molar-refractivity contribution in [3.05, 3.63) is 0 Å². The van der Waals surface area contributed by atoms with Gasteiger partial charge in [-0.05, 0) is 70.4 Å². The van der Waals surface area contributed by atoms with Crippen molar-refractivity contribution in [3.8, 4) is 0 Å². The highest BCUT2D eigenvalue weighted by molar-refractivity contribution is 6.13. The standard InChI is InChI=1S/C40H78ClN3O4/c1-3-5-7-9-11-16-24-37(25-17-12-10-8-6-4-2)36-42-39(46)28-20-14-22-30-43(34-35-45)32-33-44(38-26-18-13-19-27-38)31-23-15-21-29-40(47)48-41/h37-38,45H,3-36H2,1-2H3,(H,42,46). The summed E-state index contributed by atoms with van der Waals surface area (Å²) in [5, 5.41) is 13.1. The van der Waals surface area contributed by atoms with E-state index in [2.05, 4.69) is 33.3 Å². The van der Waals surface area contributed by atoms with Crippen molar-refractivity contribution in [1.82, 2.24) is 15.1 Å². The predicted octanol–water partition coefficient (Wildman–Crippen LogP) is 9.97. The monoisotopic (exact) mass is 700 g/mol. The van der Waals surface area contributed by atoms with E-state index in [4.69, 9.17) is 11.9 Å². The Kier molecular flexibility index (Phi) is 31.3. The molecular weight excluding hydrogens is 622 g/mol. The summed E-state index contributed by atoms with van der Waals surface area (Å²) in [7, 11) is 0. The molecule has 0 spiro atoms. The molecule has 1 saturated carbocycles. The predicted molar refractivity (Wildman–Crippen MR) is 203 cm³/mol. The molecule has 0 aromatic rings. The van der Waals surface area contributed by atoms with Crippen LogP contribution in [0.25, 0.3) is 0 Å². The van der Waals surface area contributed by atoms with E-state index in [1.54, 1.807) is 0 Å². The molecule has 1 aliphatic carbocycles. The lowest BCUT2D eigenvalue weighted by Gasteiger charge is -2.36.